The molecular formula is C30H28FN5O6S. The van der Waals surface area contributed by atoms with Crippen molar-refractivity contribution in [3.63, 3.8) is 0 Å². The second-order valence-electron chi connectivity index (χ2n) is 9.94. The summed E-state index contributed by atoms with van der Waals surface area (Å²) >= 11 is 0. The number of benzene rings is 3. The number of halogens is 1. The van der Waals surface area contributed by atoms with Gasteiger partial charge in [0, 0.05) is 17.8 Å². The van der Waals surface area contributed by atoms with Crippen molar-refractivity contribution in [2.45, 2.75) is 30.3 Å². The number of fused-ring (bicyclic) bond motifs is 1. The third kappa shape index (κ3) is 6.08. The number of carbonyl (C=O) groups is 1. The normalized spacial score (nSPS) is 16.2. The molecule has 0 aliphatic carbocycles. The summed E-state index contributed by atoms with van der Waals surface area (Å²) in [6.45, 7) is 0.353. The molecule has 2 N–H and O–H groups in total. The fraction of sp³-hybridized carbons (Fsp3) is 0.233. The minimum absolute atomic E-state index is 0.0249. The molecule has 1 unspecified atom stereocenters. The van der Waals surface area contributed by atoms with Crippen LogP contribution in [0.3, 0.4) is 0 Å². The smallest absolute Gasteiger partial charge is 0.243 e. The van der Waals surface area contributed by atoms with Crippen LogP contribution in [-0.4, -0.2) is 55.1 Å². The van der Waals surface area contributed by atoms with Crippen LogP contribution in [0.4, 0.5) is 16.0 Å². The minimum atomic E-state index is -3.99. The molecule has 3 aromatic carbocycles. The van der Waals surface area contributed by atoms with E-state index in [1.165, 1.54) is 16.4 Å². The van der Waals surface area contributed by atoms with E-state index >= 15 is 0 Å². The molecule has 1 fully saturated rings. The van der Waals surface area contributed by atoms with E-state index in [-0.39, 0.29) is 24.8 Å². The number of ether oxygens (including phenoxy) is 3. The lowest BCUT2D eigenvalue weighted by molar-refractivity contribution is -0.124. The van der Waals surface area contributed by atoms with Crippen LogP contribution in [0.2, 0.25) is 0 Å². The van der Waals surface area contributed by atoms with Crippen molar-refractivity contribution in [1.82, 2.24) is 19.6 Å². The Morgan fingerprint density at radius 2 is 1.79 bits per heavy atom. The molecule has 1 amide bonds. The van der Waals surface area contributed by atoms with Crippen LogP contribution in [0.25, 0.3) is 11.3 Å². The molecule has 3 heterocycles. The topological polar surface area (TPSA) is 132 Å². The van der Waals surface area contributed by atoms with Gasteiger partial charge in [0.1, 0.15) is 17.6 Å². The third-order valence-electron chi connectivity index (χ3n) is 7.16. The maximum atomic E-state index is 13.4. The van der Waals surface area contributed by atoms with Crippen LogP contribution in [0.5, 0.6) is 17.2 Å². The Morgan fingerprint density at radius 1 is 1.02 bits per heavy atom. The molecular weight excluding hydrogens is 577 g/mol. The van der Waals surface area contributed by atoms with E-state index in [0.717, 1.165) is 23.4 Å². The van der Waals surface area contributed by atoms with Crippen molar-refractivity contribution < 1.29 is 31.8 Å². The summed E-state index contributed by atoms with van der Waals surface area (Å²) in [5.74, 6) is 1.24. The van der Waals surface area contributed by atoms with Gasteiger partial charge in [0.15, 0.2) is 11.5 Å². The lowest BCUT2D eigenvalue weighted by Gasteiger charge is -2.23. The van der Waals surface area contributed by atoms with Gasteiger partial charge in [-0.1, -0.05) is 0 Å². The van der Waals surface area contributed by atoms with Crippen molar-refractivity contribution in [2.24, 2.45) is 0 Å². The van der Waals surface area contributed by atoms with E-state index < -0.39 is 27.8 Å². The SMILES string of the molecule is COc1ccc(Nc2nc(CNC(=O)C3CCCN3S(=O)(=O)c3ccc(F)cc3)cc(-c3ccc4c(c3)OCO4)n2)cc1. The van der Waals surface area contributed by atoms with Gasteiger partial charge in [-0.2, -0.15) is 4.31 Å². The van der Waals surface area contributed by atoms with Crippen LogP contribution < -0.4 is 24.8 Å². The van der Waals surface area contributed by atoms with Gasteiger partial charge in [0.05, 0.1) is 29.9 Å². The number of anilines is 2. The highest BCUT2D eigenvalue weighted by atomic mass is 32.2. The number of aromatic nitrogens is 2. The number of rotatable bonds is 9. The summed E-state index contributed by atoms with van der Waals surface area (Å²) in [5.41, 5.74) is 2.56. The van der Waals surface area contributed by atoms with Crippen LogP contribution in [0, 0.1) is 5.82 Å². The Kier molecular flexibility index (Phi) is 7.82. The standard InChI is InChI=1S/C30H28FN5O6S/c1-40-23-9-7-21(8-10-23)33-30-34-22(16-25(35-30)19-4-13-27-28(15-19)42-18-41-27)17-32-29(37)26-3-2-14-36(26)43(38,39)24-11-5-20(31)6-12-24/h4-13,15-16,26H,2-3,14,17-18H2,1H3,(H,32,37)(H,33,34,35). The summed E-state index contributed by atoms with van der Waals surface area (Å²) in [5, 5.41) is 6.03. The number of nitrogens with one attached hydrogen (secondary N) is 2. The summed E-state index contributed by atoms with van der Waals surface area (Å²) in [6, 6.07) is 18.2. The summed E-state index contributed by atoms with van der Waals surface area (Å²) in [4.78, 5) is 22.5. The summed E-state index contributed by atoms with van der Waals surface area (Å²) in [6.07, 6.45) is 0.888. The molecule has 11 nitrogen and oxygen atoms in total. The van der Waals surface area contributed by atoms with Gasteiger partial charge in [-0.05, 0) is 85.6 Å². The summed E-state index contributed by atoms with van der Waals surface area (Å²) in [7, 11) is -2.40. The first-order valence-corrected chi connectivity index (χ1v) is 15.0. The molecule has 2 aliphatic heterocycles. The maximum Gasteiger partial charge on any atom is 0.243 e. The van der Waals surface area contributed by atoms with E-state index in [1.807, 2.05) is 24.3 Å². The highest BCUT2D eigenvalue weighted by molar-refractivity contribution is 7.89. The van der Waals surface area contributed by atoms with Crippen LogP contribution >= 0.6 is 0 Å². The Balaban J connectivity index is 1.24. The maximum absolute atomic E-state index is 13.4. The Labute approximate surface area is 247 Å². The van der Waals surface area contributed by atoms with Crippen molar-refractivity contribution >= 4 is 27.6 Å². The third-order valence-corrected chi connectivity index (χ3v) is 9.09. The predicted molar refractivity (Wildman–Crippen MR) is 155 cm³/mol. The zero-order valence-electron chi connectivity index (χ0n) is 23.1. The number of hydrogen-bond donors (Lipinski definition) is 2. The highest BCUT2D eigenvalue weighted by Gasteiger charge is 2.39. The number of nitrogens with zero attached hydrogens (tertiary/aromatic N) is 3. The number of carbonyl (C=O) groups excluding carboxylic acids is 1. The quantitative estimate of drug-likeness (QED) is 0.288. The number of sulfonamides is 1. The fourth-order valence-corrected chi connectivity index (χ4v) is 6.63. The van der Waals surface area contributed by atoms with Crippen LogP contribution in [0.1, 0.15) is 18.5 Å². The first-order chi connectivity index (χ1) is 20.8. The van der Waals surface area contributed by atoms with Crippen molar-refractivity contribution in [1.29, 1.82) is 0 Å². The van der Waals surface area contributed by atoms with E-state index in [1.54, 1.807) is 31.4 Å². The Bertz CT molecular complexity index is 1750. The molecule has 0 spiro atoms. The first-order valence-electron chi connectivity index (χ1n) is 13.5. The zero-order chi connectivity index (χ0) is 30.0. The lowest BCUT2D eigenvalue weighted by atomic mass is 10.1. The van der Waals surface area contributed by atoms with E-state index in [9.17, 15) is 17.6 Å². The fourth-order valence-electron chi connectivity index (χ4n) is 4.98. The van der Waals surface area contributed by atoms with Crippen molar-refractivity contribution in [2.75, 3.05) is 25.8 Å². The van der Waals surface area contributed by atoms with Crippen molar-refractivity contribution in [3.05, 3.63) is 84.3 Å². The number of amides is 1. The number of methoxy groups -OCH3 is 1. The molecule has 13 heteroatoms. The second kappa shape index (κ2) is 11.9. The van der Waals surface area contributed by atoms with Gasteiger partial charge >= 0.3 is 0 Å². The van der Waals surface area contributed by atoms with Gasteiger partial charge in [-0.25, -0.2) is 22.8 Å². The van der Waals surface area contributed by atoms with Gasteiger partial charge in [-0.15, -0.1) is 0 Å². The molecule has 43 heavy (non-hydrogen) atoms. The lowest BCUT2D eigenvalue weighted by Crippen LogP contribution is -2.45. The monoisotopic (exact) mass is 605 g/mol. The molecule has 1 atom stereocenters. The highest BCUT2D eigenvalue weighted by Crippen LogP contribution is 2.36. The minimum Gasteiger partial charge on any atom is -0.497 e. The van der Waals surface area contributed by atoms with E-state index in [2.05, 4.69) is 20.6 Å². The molecule has 0 saturated carbocycles. The average Bonchev–Trinajstić information content (AvgIpc) is 3.71. The van der Waals surface area contributed by atoms with Crippen LogP contribution in [0.15, 0.2) is 77.7 Å². The van der Waals surface area contributed by atoms with Crippen LogP contribution in [-0.2, 0) is 21.4 Å². The molecule has 0 radical (unpaired) electrons. The van der Waals surface area contributed by atoms with Gasteiger partial charge in [0.25, 0.3) is 0 Å². The van der Waals surface area contributed by atoms with Crippen molar-refractivity contribution in [3.8, 4) is 28.5 Å². The van der Waals surface area contributed by atoms with E-state index in [4.69, 9.17) is 14.2 Å². The predicted octanol–water partition coefficient (Wildman–Crippen LogP) is 4.23. The molecule has 222 valence electrons. The second-order valence-corrected chi connectivity index (χ2v) is 11.8. The van der Waals surface area contributed by atoms with E-state index in [0.29, 0.717) is 47.4 Å². The Hall–Kier alpha value is -4.75. The Morgan fingerprint density at radius 3 is 2.56 bits per heavy atom. The number of hydrogen-bond acceptors (Lipinski definition) is 9. The molecule has 6 rings (SSSR count). The van der Waals surface area contributed by atoms with Gasteiger partial charge in [0.2, 0.25) is 28.7 Å². The van der Waals surface area contributed by atoms with Gasteiger partial charge in [-0.3, -0.25) is 4.79 Å². The average molecular weight is 606 g/mol. The van der Waals surface area contributed by atoms with Gasteiger partial charge < -0.3 is 24.8 Å². The first kappa shape index (κ1) is 28.4. The molecule has 1 aromatic heterocycles. The molecule has 4 aromatic rings. The zero-order valence-corrected chi connectivity index (χ0v) is 23.9. The molecule has 1 saturated heterocycles. The molecule has 0 bridgehead atoms. The molecule has 2 aliphatic rings. The summed E-state index contributed by atoms with van der Waals surface area (Å²) < 4.78 is 57.2. The largest absolute Gasteiger partial charge is 0.497 e.